The highest BCUT2D eigenvalue weighted by Gasteiger charge is 2.23. The molecule has 1 N–H and O–H groups in total. The Bertz CT molecular complexity index is 915. The standard InChI is InChI=1S/C28H45N3O5S/c1-7-17-33-18-9-10-24(32)29-27(3,4)15-20-35-28(5,6)16-19-34-23-13-11-22(12-14-23)25-30-31-26(36-25)37-21-8-2/h11-14H,7-10,15-21H2,1-6H3,(H,29,32). The number of thioether (sulfide) groups is 1. The monoisotopic (exact) mass is 535 g/mol. The van der Waals surface area contributed by atoms with Crippen molar-refractivity contribution in [2.24, 2.45) is 0 Å². The van der Waals surface area contributed by atoms with E-state index in [-0.39, 0.29) is 17.0 Å². The van der Waals surface area contributed by atoms with Gasteiger partial charge in [-0.25, -0.2) is 0 Å². The van der Waals surface area contributed by atoms with E-state index in [0.29, 0.717) is 37.4 Å². The van der Waals surface area contributed by atoms with Crippen LogP contribution in [0.15, 0.2) is 33.9 Å². The zero-order chi connectivity index (χ0) is 27.2. The molecule has 2 aromatic rings. The summed E-state index contributed by atoms with van der Waals surface area (Å²) in [6, 6.07) is 7.67. The summed E-state index contributed by atoms with van der Waals surface area (Å²) >= 11 is 1.57. The van der Waals surface area contributed by atoms with Crippen LogP contribution in [0.3, 0.4) is 0 Å². The lowest BCUT2D eigenvalue weighted by atomic mass is 10.00. The van der Waals surface area contributed by atoms with E-state index in [1.165, 1.54) is 0 Å². The molecule has 0 aliphatic rings. The molecule has 0 fully saturated rings. The number of ether oxygens (including phenoxy) is 3. The predicted octanol–water partition coefficient (Wildman–Crippen LogP) is 6.29. The molecule has 0 radical (unpaired) electrons. The van der Waals surface area contributed by atoms with Gasteiger partial charge in [0.15, 0.2) is 0 Å². The first kappa shape index (κ1) is 31.1. The Morgan fingerprint density at radius 2 is 1.73 bits per heavy atom. The molecule has 0 saturated carbocycles. The number of carbonyl (C=O) groups excluding carboxylic acids is 1. The number of nitrogens with one attached hydrogen (secondary N) is 1. The van der Waals surface area contributed by atoms with Gasteiger partial charge in [-0.2, -0.15) is 0 Å². The second kappa shape index (κ2) is 16.0. The van der Waals surface area contributed by atoms with E-state index in [1.807, 2.05) is 38.1 Å². The molecule has 0 saturated heterocycles. The van der Waals surface area contributed by atoms with Crippen LogP contribution in [0.5, 0.6) is 5.75 Å². The Morgan fingerprint density at radius 3 is 2.43 bits per heavy atom. The van der Waals surface area contributed by atoms with E-state index in [0.717, 1.165) is 55.8 Å². The number of aromatic nitrogens is 2. The van der Waals surface area contributed by atoms with Crippen molar-refractivity contribution in [2.75, 3.05) is 32.2 Å². The molecule has 1 aromatic heterocycles. The maximum Gasteiger partial charge on any atom is 0.276 e. The lowest BCUT2D eigenvalue weighted by Gasteiger charge is -2.30. The lowest BCUT2D eigenvalue weighted by molar-refractivity contribution is -0.123. The molecule has 0 bridgehead atoms. The van der Waals surface area contributed by atoms with E-state index in [2.05, 4.69) is 43.2 Å². The highest BCUT2D eigenvalue weighted by Crippen LogP contribution is 2.26. The summed E-state index contributed by atoms with van der Waals surface area (Å²) in [4.78, 5) is 12.2. The summed E-state index contributed by atoms with van der Waals surface area (Å²) in [6.45, 7) is 14.8. The molecule has 208 valence electrons. The quantitative estimate of drug-likeness (QED) is 0.165. The van der Waals surface area contributed by atoms with Crippen molar-refractivity contribution in [2.45, 2.75) is 96.4 Å². The zero-order valence-corrected chi connectivity index (χ0v) is 24.2. The van der Waals surface area contributed by atoms with Gasteiger partial charge in [-0.3, -0.25) is 4.79 Å². The molecule has 8 nitrogen and oxygen atoms in total. The predicted molar refractivity (Wildman–Crippen MR) is 148 cm³/mol. The molecule has 1 aromatic carbocycles. The molecule has 0 unspecified atom stereocenters. The van der Waals surface area contributed by atoms with Gasteiger partial charge in [0.05, 0.1) is 12.2 Å². The van der Waals surface area contributed by atoms with Crippen LogP contribution >= 0.6 is 11.8 Å². The van der Waals surface area contributed by atoms with E-state index in [4.69, 9.17) is 18.6 Å². The van der Waals surface area contributed by atoms with Crippen molar-refractivity contribution in [3.8, 4) is 17.2 Å². The van der Waals surface area contributed by atoms with E-state index < -0.39 is 0 Å². The van der Waals surface area contributed by atoms with Crippen LogP contribution in [0.25, 0.3) is 11.5 Å². The number of nitrogens with zero attached hydrogens (tertiary/aromatic N) is 2. The van der Waals surface area contributed by atoms with Crippen LogP contribution in [0.1, 0.15) is 80.1 Å². The Morgan fingerprint density at radius 1 is 0.973 bits per heavy atom. The third-order valence-corrected chi connectivity index (χ3v) is 6.67. The van der Waals surface area contributed by atoms with Crippen LogP contribution in [0.4, 0.5) is 0 Å². The minimum Gasteiger partial charge on any atom is -0.493 e. The fourth-order valence-electron chi connectivity index (χ4n) is 3.42. The number of amides is 1. The molecular formula is C28H45N3O5S. The normalized spacial score (nSPS) is 12.1. The third kappa shape index (κ3) is 12.8. The number of benzene rings is 1. The van der Waals surface area contributed by atoms with E-state index in [9.17, 15) is 4.79 Å². The lowest BCUT2D eigenvalue weighted by Crippen LogP contribution is -2.44. The van der Waals surface area contributed by atoms with Crippen molar-refractivity contribution < 1.29 is 23.4 Å². The number of hydrogen-bond donors (Lipinski definition) is 1. The Balaban J connectivity index is 1.67. The van der Waals surface area contributed by atoms with Crippen molar-refractivity contribution >= 4 is 17.7 Å². The highest BCUT2D eigenvalue weighted by molar-refractivity contribution is 7.99. The van der Waals surface area contributed by atoms with Crippen LogP contribution < -0.4 is 10.1 Å². The zero-order valence-electron chi connectivity index (χ0n) is 23.4. The fraction of sp³-hybridized carbons (Fsp3) is 0.679. The van der Waals surface area contributed by atoms with Crippen molar-refractivity contribution in [3.63, 3.8) is 0 Å². The summed E-state index contributed by atoms with van der Waals surface area (Å²) in [5, 5.41) is 11.9. The molecule has 0 spiro atoms. The molecule has 0 atom stereocenters. The van der Waals surface area contributed by atoms with Gasteiger partial charge in [-0.15, -0.1) is 10.2 Å². The first-order valence-corrected chi connectivity index (χ1v) is 14.3. The number of hydrogen-bond acceptors (Lipinski definition) is 8. The largest absolute Gasteiger partial charge is 0.493 e. The summed E-state index contributed by atoms with van der Waals surface area (Å²) in [5.41, 5.74) is 0.197. The fourth-order valence-corrected chi connectivity index (χ4v) is 4.04. The van der Waals surface area contributed by atoms with Crippen LogP contribution in [0, 0.1) is 0 Å². The minimum atomic E-state index is -0.340. The maximum atomic E-state index is 12.2. The second-order valence-corrected chi connectivity index (χ2v) is 11.4. The average Bonchev–Trinajstić information content (AvgIpc) is 3.31. The Kier molecular flexibility index (Phi) is 13.5. The highest BCUT2D eigenvalue weighted by atomic mass is 32.2. The molecule has 1 heterocycles. The van der Waals surface area contributed by atoms with Gasteiger partial charge >= 0.3 is 0 Å². The minimum absolute atomic E-state index is 0.0543. The van der Waals surface area contributed by atoms with Gasteiger partial charge in [-0.05, 0) is 77.6 Å². The van der Waals surface area contributed by atoms with Gasteiger partial charge in [0.1, 0.15) is 5.75 Å². The van der Waals surface area contributed by atoms with Crippen LogP contribution in [0.2, 0.25) is 0 Å². The van der Waals surface area contributed by atoms with E-state index >= 15 is 0 Å². The molecule has 0 aliphatic carbocycles. The molecular weight excluding hydrogens is 490 g/mol. The smallest absolute Gasteiger partial charge is 0.276 e. The maximum absolute atomic E-state index is 12.2. The van der Waals surface area contributed by atoms with Crippen LogP contribution in [-0.2, 0) is 14.3 Å². The topological polar surface area (TPSA) is 95.7 Å². The first-order valence-electron chi connectivity index (χ1n) is 13.4. The van der Waals surface area contributed by atoms with Crippen LogP contribution in [-0.4, -0.2) is 59.4 Å². The van der Waals surface area contributed by atoms with Gasteiger partial charge in [-0.1, -0.05) is 25.6 Å². The Labute approximate surface area is 226 Å². The summed E-state index contributed by atoms with van der Waals surface area (Å²) in [5.74, 6) is 2.31. The molecule has 9 heteroatoms. The van der Waals surface area contributed by atoms with Gasteiger partial charge in [0, 0.05) is 49.5 Å². The molecule has 1 amide bonds. The summed E-state index contributed by atoms with van der Waals surface area (Å²) in [6.07, 6.45) is 4.74. The average molecular weight is 536 g/mol. The molecule has 2 rings (SSSR count). The van der Waals surface area contributed by atoms with Crippen molar-refractivity contribution in [3.05, 3.63) is 24.3 Å². The Hall–Kier alpha value is -2.10. The van der Waals surface area contributed by atoms with Gasteiger partial charge in [0.2, 0.25) is 11.8 Å². The molecule has 0 aliphatic heterocycles. The van der Waals surface area contributed by atoms with Crippen molar-refractivity contribution in [1.29, 1.82) is 0 Å². The van der Waals surface area contributed by atoms with Gasteiger partial charge < -0.3 is 23.9 Å². The molecule has 37 heavy (non-hydrogen) atoms. The van der Waals surface area contributed by atoms with Gasteiger partial charge in [0.25, 0.3) is 5.22 Å². The SMILES string of the molecule is CCCOCCCC(=O)NC(C)(C)CCOC(C)(C)CCOc1ccc(-c2nnc(SCCC)o2)cc1. The first-order chi connectivity index (χ1) is 17.6. The third-order valence-electron chi connectivity index (χ3n) is 5.65. The van der Waals surface area contributed by atoms with Crippen molar-refractivity contribution in [1.82, 2.24) is 15.5 Å². The second-order valence-electron chi connectivity index (χ2n) is 10.4. The number of rotatable bonds is 19. The summed E-state index contributed by atoms with van der Waals surface area (Å²) < 4.78 is 23.2. The number of carbonyl (C=O) groups is 1. The van der Waals surface area contributed by atoms with E-state index in [1.54, 1.807) is 11.8 Å². The summed E-state index contributed by atoms with van der Waals surface area (Å²) in [7, 11) is 0.